The van der Waals surface area contributed by atoms with E-state index >= 15 is 0 Å². The van der Waals surface area contributed by atoms with Crippen LogP contribution in [0.5, 0.6) is 0 Å². The average molecular weight is 781 g/mol. The number of amides is 1. The van der Waals surface area contributed by atoms with Crippen LogP contribution in [0, 0.1) is 27.7 Å². The molecule has 3 N–H and O–H groups in total. The molecule has 0 spiro atoms. The van der Waals surface area contributed by atoms with Gasteiger partial charge in [-0.1, -0.05) is 119 Å². The Morgan fingerprint density at radius 2 is 0.833 bits per heavy atom. The van der Waals surface area contributed by atoms with Gasteiger partial charge >= 0.3 is 0 Å². The molecule has 0 unspecified atom stereocenters. The van der Waals surface area contributed by atoms with E-state index in [2.05, 4.69) is 187 Å². The molecule has 60 heavy (non-hydrogen) atoms. The van der Waals surface area contributed by atoms with Crippen LogP contribution in [0.15, 0.2) is 132 Å². The van der Waals surface area contributed by atoms with Crippen molar-refractivity contribution >= 4 is 62.3 Å². The zero-order chi connectivity index (χ0) is 41.2. The summed E-state index contributed by atoms with van der Waals surface area (Å²) in [7, 11) is 1.71. The third-order valence-electron chi connectivity index (χ3n) is 11.7. The van der Waals surface area contributed by atoms with E-state index in [0.29, 0.717) is 16.6 Å². The molecule has 10 rings (SSSR count). The quantitative estimate of drug-likeness (QED) is 0.166. The summed E-state index contributed by atoms with van der Waals surface area (Å²) < 4.78 is 0. The Kier molecular flexibility index (Phi) is 8.83. The molecule has 7 heteroatoms. The first-order valence-corrected chi connectivity index (χ1v) is 20.3. The van der Waals surface area contributed by atoms with Crippen LogP contribution >= 0.6 is 0 Å². The minimum absolute atomic E-state index is 0.160. The number of hydrogen-bond donors (Lipinski definition) is 3. The smallest absolute Gasteiger partial charge is 0.277 e. The van der Waals surface area contributed by atoms with Crippen LogP contribution in [0.2, 0.25) is 0 Å². The third kappa shape index (κ3) is 6.36. The average Bonchev–Trinajstić information content (AvgIpc) is 4.10. The lowest BCUT2D eigenvalue weighted by atomic mass is 9.99. The summed E-state index contributed by atoms with van der Waals surface area (Å²) in [5.74, 6) is -0.160. The predicted molar refractivity (Wildman–Crippen MR) is 249 cm³/mol. The number of hydrogen-bond acceptors (Lipinski definition) is 3. The fourth-order valence-corrected chi connectivity index (χ4v) is 8.60. The molecule has 0 saturated carbocycles. The number of carbonyl (C=O) groups excluding carboxylic acids is 1. The molecule has 0 fully saturated rings. The molecule has 8 aromatic rings. The van der Waals surface area contributed by atoms with Gasteiger partial charge in [-0.25, -0.2) is 9.99 Å². The van der Waals surface area contributed by atoms with Crippen molar-refractivity contribution in [3.8, 4) is 44.5 Å². The molecule has 1 amide bonds. The number of aromatic amines is 3. The van der Waals surface area contributed by atoms with Gasteiger partial charge in [-0.3, -0.25) is 4.79 Å². The maximum Gasteiger partial charge on any atom is 0.277 e. The van der Waals surface area contributed by atoms with Crippen LogP contribution in [-0.2, 0) is 4.79 Å². The summed E-state index contributed by atoms with van der Waals surface area (Å²) in [6, 6.07) is 45.3. The van der Waals surface area contributed by atoms with Crippen LogP contribution in [0.1, 0.15) is 40.6 Å². The van der Waals surface area contributed by atoms with Gasteiger partial charge in [0.15, 0.2) is 0 Å². The lowest BCUT2D eigenvalue weighted by Gasteiger charge is -2.07. The number of aryl methyl sites for hydroxylation is 4. The molecule has 8 bridgehead atoms. The summed E-state index contributed by atoms with van der Waals surface area (Å²) in [6.45, 7) is 10.3. The maximum atomic E-state index is 14.1. The number of benzene rings is 4. The topological polar surface area (TPSA) is 92.9 Å². The molecule has 2 aliphatic rings. The molecule has 7 nitrogen and oxygen atoms in total. The summed E-state index contributed by atoms with van der Waals surface area (Å²) in [4.78, 5) is 31.1. The number of H-pyrrole nitrogens is 3. The summed E-state index contributed by atoms with van der Waals surface area (Å²) in [5, 5.41) is 7.64. The second kappa shape index (κ2) is 14.4. The van der Waals surface area contributed by atoms with Crippen molar-refractivity contribution in [2.24, 2.45) is 5.10 Å². The first-order valence-electron chi connectivity index (χ1n) is 20.3. The largest absolute Gasteiger partial charge is 0.354 e. The predicted octanol–water partition coefficient (Wildman–Crippen LogP) is 11.9. The number of aromatic nitrogens is 4. The second-order valence-corrected chi connectivity index (χ2v) is 16.1. The zero-order valence-corrected chi connectivity index (χ0v) is 34.5. The van der Waals surface area contributed by atoms with E-state index in [1.165, 1.54) is 21.7 Å². The van der Waals surface area contributed by atoms with E-state index < -0.39 is 0 Å². The fourth-order valence-electron chi connectivity index (χ4n) is 8.60. The van der Waals surface area contributed by atoms with Gasteiger partial charge in [0.25, 0.3) is 5.91 Å². The first-order chi connectivity index (χ1) is 29.1. The summed E-state index contributed by atoms with van der Waals surface area (Å²) in [5.41, 5.74) is 20.3. The third-order valence-corrected chi connectivity index (χ3v) is 11.7. The van der Waals surface area contributed by atoms with E-state index in [9.17, 15) is 4.79 Å². The van der Waals surface area contributed by atoms with Crippen molar-refractivity contribution in [3.63, 3.8) is 0 Å². The number of fused-ring (bicyclic) bond motifs is 8. The van der Waals surface area contributed by atoms with Crippen molar-refractivity contribution in [2.45, 2.75) is 34.6 Å². The number of nitrogens with zero attached hydrogens (tertiary/aromatic N) is 3. The molecule has 2 aliphatic heterocycles. The number of rotatable bonds is 4. The Morgan fingerprint density at radius 1 is 0.450 bits per heavy atom. The van der Waals surface area contributed by atoms with Crippen molar-refractivity contribution in [3.05, 3.63) is 166 Å². The summed E-state index contributed by atoms with van der Waals surface area (Å²) >= 11 is 0. The van der Waals surface area contributed by atoms with Gasteiger partial charge in [-0.2, -0.15) is 5.10 Å². The standard InChI is InChI=1S/C53H44N6O/c1-30-7-15-35(16-8-30)48-39-29-46(57-52(39)47-34(5)58-59(6)53(47)60)51(38-21-13-33(4)14-22-38)45-28-27-44(56-45)50(37-19-11-32(3)12-20-37)43-26-25-42(55-43)49(41-24-23-40(48)54-41)36-17-9-31(2)10-18-36/h7-29,54,56-57H,1-6H3/b48-39?,48-40?,49-41?,49-42?,50-43?,50-44?,51-45?,51-46?,52-47-. The molecule has 292 valence electrons. The Labute approximate surface area is 348 Å². The van der Waals surface area contributed by atoms with Gasteiger partial charge in [-0.05, 0) is 99.4 Å². The van der Waals surface area contributed by atoms with E-state index in [0.717, 1.165) is 94.4 Å². The van der Waals surface area contributed by atoms with Gasteiger partial charge in [0, 0.05) is 62.3 Å². The highest BCUT2D eigenvalue weighted by molar-refractivity contribution is 6.44. The highest BCUT2D eigenvalue weighted by atomic mass is 16.2. The van der Waals surface area contributed by atoms with E-state index in [1.54, 1.807) is 7.05 Å². The molecule has 0 aliphatic carbocycles. The number of nitrogens with one attached hydrogen (secondary N) is 3. The van der Waals surface area contributed by atoms with E-state index in [-0.39, 0.29) is 5.91 Å². The SMILES string of the molecule is CC1=NN(C)C(=O)/C1=c1\[nH]c2cc1c(-c1ccc(C)cc1)c1ccc([nH]1)c(-c1ccc(C)cc1)c1nc(c(-c3ccc(C)cc3)c3ccc([nH]3)c2-c2ccc(C)cc2)C=C1. The van der Waals surface area contributed by atoms with Gasteiger partial charge in [0.05, 0.1) is 28.0 Å². The minimum Gasteiger partial charge on any atom is -0.354 e. The van der Waals surface area contributed by atoms with Crippen molar-refractivity contribution < 1.29 is 4.79 Å². The molecular formula is C53H44N6O. The lowest BCUT2D eigenvalue weighted by molar-refractivity contribution is -0.123. The van der Waals surface area contributed by atoms with Gasteiger partial charge in [0.2, 0.25) is 0 Å². The van der Waals surface area contributed by atoms with Gasteiger partial charge in [-0.15, -0.1) is 0 Å². The van der Waals surface area contributed by atoms with Crippen LogP contribution in [-0.4, -0.2) is 43.6 Å². The van der Waals surface area contributed by atoms with Crippen LogP contribution < -0.4 is 5.35 Å². The van der Waals surface area contributed by atoms with Crippen molar-refractivity contribution in [1.29, 1.82) is 0 Å². The van der Waals surface area contributed by atoms with Crippen LogP contribution in [0.25, 0.3) is 95.2 Å². The number of hydrazone groups is 1. The molecular weight excluding hydrogens is 737 g/mol. The highest BCUT2D eigenvalue weighted by Gasteiger charge is 2.27. The van der Waals surface area contributed by atoms with Crippen LogP contribution in [0.3, 0.4) is 0 Å². The van der Waals surface area contributed by atoms with Crippen molar-refractivity contribution in [1.82, 2.24) is 24.9 Å². The van der Waals surface area contributed by atoms with E-state index in [1.807, 2.05) is 6.92 Å². The zero-order valence-electron chi connectivity index (χ0n) is 34.5. The summed E-state index contributed by atoms with van der Waals surface area (Å²) in [6.07, 6.45) is 4.27. The molecule has 0 radical (unpaired) electrons. The second-order valence-electron chi connectivity index (χ2n) is 16.1. The molecule has 0 saturated heterocycles. The molecule has 0 atom stereocenters. The maximum absolute atomic E-state index is 14.1. The lowest BCUT2D eigenvalue weighted by Crippen LogP contribution is -2.22. The Morgan fingerprint density at radius 3 is 1.25 bits per heavy atom. The minimum atomic E-state index is -0.160. The van der Waals surface area contributed by atoms with E-state index in [4.69, 9.17) is 4.98 Å². The fraction of sp³-hybridized carbons (Fsp3) is 0.113. The van der Waals surface area contributed by atoms with Crippen LogP contribution in [0.4, 0.5) is 0 Å². The van der Waals surface area contributed by atoms with Crippen molar-refractivity contribution in [2.75, 3.05) is 7.05 Å². The number of carbonyl (C=O) groups is 1. The Balaban J connectivity index is 1.47. The molecule has 4 aromatic carbocycles. The Bertz CT molecular complexity index is 3300. The molecule has 6 heterocycles. The monoisotopic (exact) mass is 780 g/mol. The van der Waals surface area contributed by atoms with Gasteiger partial charge < -0.3 is 15.0 Å². The van der Waals surface area contributed by atoms with Gasteiger partial charge in [0.1, 0.15) is 0 Å². The highest BCUT2D eigenvalue weighted by Crippen LogP contribution is 2.38. The Hall–Kier alpha value is -7.51. The molecule has 4 aromatic heterocycles. The normalized spacial score (nSPS) is 14.1. The first kappa shape index (κ1) is 36.8.